The summed E-state index contributed by atoms with van der Waals surface area (Å²) in [6.07, 6.45) is 4.39. The molecule has 1 saturated heterocycles. The third-order valence-electron chi connectivity index (χ3n) is 3.69. The molecule has 1 fully saturated rings. The number of nitrogens with zero attached hydrogens (tertiary/aromatic N) is 1. The second-order valence-electron chi connectivity index (χ2n) is 5.37. The lowest BCUT2D eigenvalue weighted by atomic mass is 10.2. The molecule has 0 bridgehead atoms. The average molecular weight is 372 g/mol. The molecular weight excluding hydrogens is 356 g/mol. The lowest BCUT2D eigenvalue weighted by molar-refractivity contribution is -0.122. The van der Waals surface area contributed by atoms with Crippen LogP contribution in [0.25, 0.3) is 6.08 Å². The molecule has 0 spiro atoms. The van der Waals surface area contributed by atoms with Crippen LogP contribution in [-0.2, 0) is 4.79 Å². The number of benzene rings is 1. The molecule has 7 nitrogen and oxygen atoms in total. The molecule has 2 heterocycles. The summed E-state index contributed by atoms with van der Waals surface area (Å²) < 4.78 is 9.93. The molecular formula is C18H16N2O5S. The number of ether oxygens (including phenoxy) is 1. The van der Waals surface area contributed by atoms with Crippen LogP contribution in [0.15, 0.2) is 52.2 Å². The van der Waals surface area contributed by atoms with Gasteiger partial charge in [0.05, 0.1) is 23.8 Å². The highest BCUT2D eigenvalue weighted by Gasteiger charge is 2.34. The van der Waals surface area contributed by atoms with E-state index in [-0.39, 0.29) is 30.1 Å². The molecule has 2 aromatic rings. The van der Waals surface area contributed by atoms with E-state index in [9.17, 15) is 14.4 Å². The monoisotopic (exact) mass is 372 g/mol. The minimum Gasteiger partial charge on any atom is -0.497 e. The van der Waals surface area contributed by atoms with Crippen LogP contribution in [0.3, 0.4) is 0 Å². The van der Waals surface area contributed by atoms with Gasteiger partial charge in [0, 0.05) is 13.1 Å². The van der Waals surface area contributed by atoms with Gasteiger partial charge in [0.2, 0.25) is 0 Å². The van der Waals surface area contributed by atoms with E-state index in [2.05, 4.69) is 5.32 Å². The van der Waals surface area contributed by atoms with Crippen LogP contribution in [0, 0.1) is 0 Å². The van der Waals surface area contributed by atoms with Gasteiger partial charge in [0.1, 0.15) is 12.0 Å². The van der Waals surface area contributed by atoms with E-state index in [0.29, 0.717) is 16.2 Å². The molecule has 3 rings (SSSR count). The number of nitrogens with one attached hydrogen (secondary N) is 1. The zero-order valence-corrected chi connectivity index (χ0v) is 14.7. The molecule has 8 heteroatoms. The van der Waals surface area contributed by atoms with Crippen molar-refractivity contribution in [3.63, 3.8) is 0 Å². The Labute approximate surface area is 154 Å². The Morgan fingerprint density at radius 2 is 2.04 bits per heavy atom. The van der Waals surface area contributed by atoms with E-state index >= 15 is 0 Å². The van der Waals surface area contributed by atoms with Gasteiger partial charge in [-0.2, -0.15) is 0 Å². The number of thioether (sulfide) groups is 1. The first-order valence-corrected chi connectivity index (χ1v) is 8.60. The van der Waals surface area contributed by atoms with Gasteiger partial charge in [-0.05, 0) is 41.6 Å². The van der Waals surface area contributed by atoms with Gasteiger partial charge in [-0.1, -0.05) is 12.1 Å². The van der Waals surface area contributed by atoms with Crippen molar-refractivity contribution in [1.82, 2.24) is 10.2 Å². The van der Waals surface area contributed by atoms with Gasteiger partial charge >= 0.3 is 0 Å². The average Bonchev–Trinajstić information content (AvgIpc) is 3.27. The molecule has 3 amide bonds. The minimum atomic E-state index is -0.367. The Morgan fingerprint density at radius 1 is 1.27 bits per heavy atom. The lowest BCUT2D eigenvalue weighted by Crippen LogP contribution is -2.37. The predicted molar refractivity (Wildman–Crippen MR) is 96.7 cm³/mol. The van der Waals surface area contributed by atoms with Crippen molar-refractivity contribution in [2.24, 2.45) is 0 Å². The molecule has 0 aliphatic carbocycles. The summed E-state index contributed by atoms with van der Waals surface area (Å²) in [5.41, 5.74) is 1.18. The lowest BCUT2D eigenvalue weighted by Gasteiger charge is -2.12. The van der Waals surface area contributed by atoms with Crippen LogP contribution < -0.4 is 10.1 Å². The number of carbonyl (C=O) groups is 3. The highest BCUT2D eigenvalue weighted by molar-refractivity contribution is 8.18. The number of furan rings is 1. The molecule has 1 aromatic carbocycles. The van der Waals surface area contributed by atoms with E-state index in [1.807, 2.05) is 0 Å². The van der Waals surface area contributed by atoms with Gasteiger partial charge in [0.25, 0.3) is 17.1 Å². The largest absolute Gasteiger partial charge is 0.497 e. The second-order valence-corrected chi connectivity index (χ2v) is 6.37. The summed E-state index contributed by atoms with van der Waals surface area (Å²) in [5, 5.41) is 2.29. The summed E-state index contributed by atoms with van der Waals surface area (Å²) in [6, 6.07) is 8.70. The Kier molecular flexibility index (Phi) is 5.43. The molecule has 0 radical (unpaired) electrons. The molecule has 0 unspecified atom stereocenters. The second kappa shape index (κ2) is 7.92. The molecule has 1 N–H and O–H groups in total. The Morgan fingerprint density at radius 3 is 2.69 bits per heavy atom. The number of hydrogen-bond acceptors (Lipinski definition) is 6. The fourth-order valence-electron chi connectivity index (χ4n) is 2.32. The van der Waals surface area contributed by atoms with E-state index in [0.717, 1.165) is 22.2 Å². The van der Waals surface area contributed by atoms with Crippen LogP contribution in [0.1, 0.15) is 15.9 Å². The fourth-order valence-corrected chi connectivity index (χ4v) is 3.19. The SMILES string of the molecule is COc1ccc(/C=C2/SC(=O)N(CCNC(=O)c3ccoc3)C2=O)cc1. The molecule has 26 heavy (non-hydrogen) atoms. The number of rotatable bonds is 6. The minimum absolute atomic E-state index is 0.105. The zero-order valence-electron chi connectivity index (χ0n) is 13.9. The Balaban J connectivity index is 1.59. The van der Waals surface area contributed by atoms with E-state index in [1.165, 1.54) is 18.6 Å². The highest BCUT2D eigenvalue weighted by atomic mass is 32.2. The van der Waals surface area contributed by atoms with Crippen LogP contribution >= 0.6 is 11.8 Å². The summed E-state index contributed by atoms with van der Waals surface area (Å²) >= 11 is 0.883. The van der Waals surface area contributed by atoms with Crippen LogP contribution in [0.4, 0.5) is 4.79 Å². The van der Waals surface area contributed by atoms with Crippen molar-refractivity contribution in [2.75, 3.05) is 20.2 Å². The quantitative estimate of drug-likeness (QED) is 0.785. The van der Waals surface area contributed by atoms with Gasteiger partial charge < -0.3 is 14.5 Å². The first kappa shape index (κ1) is 17.8. The third kappa shape index (κ3) is 3.97. The molecule has 0 atom stereocenters. The van der Waals surface area contributed by atoms with E-state index < -0.39 is 0 Å². The molecule has 134 valence electrons. The van der Waals surface area contributed by atoms with Crippen molar-refractivity contribution in [1.29, 1.82) is 0 Å². The van der Waals surface area contributed by atoms with Crippen molar-refractivity contribution in [3.8, 4) is 5.75 Å². The van der Waals surface area contributed by atoms with Gasteiger partial charge in [0.15, 0.2) is 0 Å². The maximum Gasteiger partial charge on any atom is 0.293 e. The molecule has 1 aromatic heterocycles. The first-order chi connectivity index (χ1) is 12.6. The normalized spacial score (nSPS) is 15.6. The Bertz CT molecular complexity index is 843. The van der Waals surface area contributed by atoms with Gasteiger partial charge in [-0.25, -0.2) is 0 Å². The number of hydrogen-bond donors (Lipinski definition) is 1. The number of imide groups is 1. The van der Waals surface area contributed by atoms with Gasteiger partial charge in [-0.3, -0.25) is 19.3 Å². The summed E-state index contributed by atoms with van der Waals surface area (Å²) in [4.78, 5) is 37.8. The molecule has 1 aliphatic heterocycles. The summed E-state index contributed by atoms with van der Waals surface area (Å²) in [7, 11) is 1.58. The first-order valence-electron chi connectivity index (χ1n) is 7.78. The van der Waals surface area contributed by atoms with Crippen molar-refractivity contribution < 1.29 is 23.5 Å². The van der Waals surface area contributed by atoms with Gasteiger partial charge in [-0.15, -0.1) is 0 Å². The third-order valence-corrected chi connectivity index (χ3v) is 4.60. The van der Waals surface area contributed by atoms with Crippen LogP contribution in [0.2, 0.25) is 0 Å². The van der Waals surface area contributed by atoms with E-state index in [4.69, 9.17) is 9.15 Å². The summed E-state index contributed by atoms with van der Waals surface area (Å²) in [5.74, 6) is 0.0245. The summed E-state index contributed by atoms with van der Waals surface area (Å²) in [6.45, 7) is 0.270. The van der Waals surface area contributed by atoms with Crippen LogP contribution in [-0.4, -0.2) is 42.2 Å². The van der Waals surface area contributed by atoms with Crippen LogP contribution in [0.5, 0.6) is 5.75 Å². The fraction of sp³-hybridized carbons (Fsp3) is 0.167. The molecule has 0 saturated carbocycles. The number of amides is 3. The van der Waals surface area contributed by atoms with Crippen molar-refractivity contribution in [2.45, 2.75) is 0 Å². The number of methoxy groups -OCH3 is 1. The van der Waals surface area contributed by atoms with Crippen molar-refractivity contribution >= 4 is 34.9 Å². The maximum atomic E-state index is 12.4. The topological polar surface area (TPSA) is 88.8 Å². The predicted octanol–water partition coefficient (Wildman–Crippen LogP) is 2.75. The number of carbonyl (C=O) groups excluding carboxylic acids is 3. The van der Waals surface area contributed by atoms with Crippen molar-refractivity contribution in [3.05, 3.63) is 58.9 Å². The molecule has 1 aliphatic rings. The Hall–Kier alpha value is -3.00. The maximum absolute atomic E-state index is 12.4. The van der Waals surface area contributed by atoms with E-state index in [1.54, 1.807) is 37.5 Å². The standard InChI is InChI=1S/C18H16N2O5S/c1-24-14-4-2-12(3-5-14)10-15-17(22)20(18(23)26-15)8-7-19-16(21)13-6-9-25-11-13/h2-6,9-11H,7-8H2,1H3,(H,19,21)/b15-10+. The highest BCUT2D eigenvalue weighted by Crippen LogP contribution is 2.32. The zero-order chi connectivity index (χ0) is 18.5. The smallest absolute Gasteiger partial charge is 0.293 e.